The Morgan fingerprint density at radius 1 is 1.42 bits per heavy atom. The molecule has 1 heterocycles. The van der Waals surface area contributed by atoms with Crippen LogP contribution in [0.3, 0.4) is 0 Å². The van der Waals surface area contributed by atoms with Crippen molar-refractivity contribution < 1.29 is 9.90 Å². The van der Waals surface area contributed by atoms with Crippen LogP contribution in [0, 0.1) is 0 Å². The van der Waals surface area contributed by atoms with Crippen molar-refractivity contribution in [3.05, 3.63) is 47.5 Å². The number of aryl methyl sites for hydroxylation is 1. The number of nitrogens with zero attached hydrogens (tertiary/aromatic N) is 1. The molecule has 2 aromatic rings. The summed E-state index contributed by atoms with van der Waals surface area (Å²) < 4.78 is 0. The summed E-state index contributed by atoms with van der Waals surface area (Å²) in [6, 6.07) is 9.79. The van der Waals surface area contributed by atoms with Crippen LogP contribution in [-0.2, 0) is 11.2 Å². The molecule has 1 atom stereocenters. The number of aliphatic hydroxyl groups is 1. The highest BCUT2D eigenvalue weighted by Gasteiger charge is 2.30. The molecule has 1 aromatic carbocycles. The van der Waals surface area contributed by atoms with Gasteiger partial charge in [0, 0.05) is 11.6 Å². The largest absolute Gasteiger partial charge is 0.380 e. The quantitative estimate of drug-likeness (QED) is 0.882. The molecule has 0 spiro atoms. The number of thiazole rings is 1. The Morgan fingerprint density at radius 3 is 2.79 bits per heavy atom. The van der Waals surface area contributed by atoms with Gasteiger partial charge in [-0.05, 0) is 25.3 Å². The molecule has 0 saturated carbocycles. The van der Waals surface area contributed by atoms with E-state index in [1.165, 1.54) is 18.3 Å². The number of amides is 1. The highest BCUT2D eigenvalue weighted by Crippen LogP contribution is 2.18. The fraction of sp³-hybridized carbons (Fsp3) is 0.286. The zero-order chi connectivity index (χ0) is 13.7. The molecule has 5 heteroatoms. The van der Waals surface area contributed by atoms with Crippen molar-refractivity contribution in [2.24, 2.45) is 0 Å². The number of aromatic nitrogens is 1. The van der Waals surface area contributed by atoms with Crippen molar-refractivity contribution in [2.45, 2.75) is 25.4 Å². The Hall–Kier alpha value is -1.72. The summed E-state index contributed by atoms with van der Waals surface area (Å²) in [5.74, 6) is -0.418. The van der Waals surface area contributed by atoms with Gasteiger partial charge in [-0.15, -0.1) is 11.3 Å². The van der Waals surface area contributed by atoms with E-state index in [-0.39, 0.29) is 0 Å². The predicted molar refractivity (Wildman–Crippen MR) is 76.1 cm³/mol. The molecule has 0 aliphatic rings. The summed E-state index contributed by atoms with van der Waals surface area (Å²) in [4.78, 5) is 15.9. The van der Waals surface area contributed by atoms with Gasteiger partial charge in [-0.3, -0.25) is 10.1 Å². The van der Waals surface area contributed by atoms with Gasteiger partial charge < -0.3 is 5.11 Å². The van der Waals surface area contributed by atoms with Crippen LogP contribution in [0.25, 0.3) is 0 Å². The first-order chi connectivity index (χ1) is 9.08. The summed E-state index contributed by atoms with van der Waals surface area (Å²) in [6.45, 7) is 1.53. The number of rotatable bonds is 5. The highest BCUT2D eigenvalue weighted by atomic mass is 32.1. The zero-order valence-corrected chi connectivity index (χ0v) is 11.5. The Balaban J connectivity index is 1.92. The van der Waals surface area contributed by atoms with Gasteiger partial charge in [-0.1, -0.05) is 30.3 Å². The van der Waals surface area contributed by atoms with Crippen LogP contribution >= 0.6 is 11.3 Å². The minimum Gasteiger partial charge on any atom is -0.380 e. The van der Waals surface area contributed by atoms with E-state index in [0.717, 1.165) is 5.56 Å². The summed E-state index contributed by atoms with van der Waals surface area (Å²) in [5.41, 5.74) is -0.300. The lowest BCUT2D eigenvalue weighted by atomic mass is 9.96. The third kappa shape index (κ3) is 3.87. The van der Waals surface area contributed by atoms with Crippen molar-refractivity contribution in [2.75, 3.05) is 5.32 Å². The van der Waals surface area contributed by atoms with Crippen LogP contribution in [0.5, 0.6) is 0 Å². The summed E-state index contributed by atoms with van der Waals surface area (Å²) in [5, 5.41) is 15.1. The first-order valence-corrected chi connectivity index (χ1v) is 6.93. The summed E-state index contributed by atoms with van der Waals surface area (Å²) >= 11 is 1.33. The fourth-order valence-corrected chi connectivity index (χ4v) is 2.19. The van der Waals surface area contributed by atoms with Gasteiger partial charge in [-0.25, -0.2) is 4.98 Å². The molecule has 0 bridgehead atoms. The molecule has 0 aliphatic carbocycles. The lowest BCUT2D eigenvalue weighted by Crippen LogP contribution is -2.40. The molecule has 0 aliphatic heterocycles. The Kier molecular flexibility index (Phi) is 4.29. The number of benzene rings is 1. The van der Waals surface area contributed by atoms with Gasteiger partial charge >= 0.3 is 0 Å². The number of carbonyl (C=O) groups excluding carboxylic acids is 1. The monoisotopic (exact) mass is 276 g/mol. The average Bonchev–Trinajstić information content (AvgIpc) is 2.90. The van der Waals surface area contributed by atoms with Crippen molar-refractivity contribution in [1.82, 2.24) is 4.98 Å². The lowest BCUT2D eigenvalue weighted by molar-refractivity contribution is -0.132. The van der Waals surface area contributed by atoms with E-state index in [9.17, 15) is 9.90 Å². The van der Waals surface area contributed by atoms with E-state index in [1.54, 1.807) is 11.6 Å². The molecule has 19 heavy (non-hydrogen) atoms. The van der Waals surface area contributed by atoms with Crippen molar-refractivity contribution in [3.8, 4) is 0 Å². The Bertz CT molecular complexity index is 524. The van der Waals surface area contributed by atoms with E-state index in [4.69, 9.17) is 0 Å². The molecule has 2 rings (SSSR count). The second-order valence-corrected chi connectivity index (χ2v) is 5.45. The smallest absolute Gasteiger partial charge is 0.257 e. The van der Waals surface area contributed by atoms with Gasteiger partial charge in [0.15, 0.2) is 5.13 Å². The minimum atomic E-state index is -1.40. The summed E-state index contributed by atoms with van der Waals surface area (Å²) in [6.07, 6.45) is 2.63. The van der Waals surface area contributed by atoms with Crippen molar-refractivity contribution in [3.63, 3.8) is 0 Å². The molecule has 0 radical (unpaired) electrons. The van der Waals surface area contributed by atoms with E-state index in [1.807, 2.05) is 30.3 Å². The Labute approximate surface area is 116 Å². The second-order valence-electron chi connectivity index (χ2n) is 4.55. The van der Waals surface area contributed by atoms with Crippen LogP contribution in [0.1, 0.15) is 18.9 Å². The van der Waals surface area contributed by atoms with E-state index in [0.29, 0.717) is 18.0 Å². The van der Waals surface area contributed by atoms with Crippen LogP contribution in [0.4, 0.5) is 5.13 Å². The normalized spacial score (nSPS) is 13.8. The van der Waals surface area contributed by atoms with Crippen LogP contribution < -0.4 is 5.32 Å². The maximum atomic E-state index is 12.0. The van der Waals surface area contributed by atoms with Crippen LogP contribution in [0.15, 0.2) is 41.9 Å². The SMILES string of the molecule is C[C@@](O)(CCc1ccccc1)C(=O)Nc1nccs1. The van der Waals surface area contributed by atoms with Crippen molar-refractivity contribution >= 4 is 22.4 Å². The third-order valence-electron chi connectivity index (χ3n) is 2.89. The van der Waals surface area contributed by atoms with E-state index >= 15 is 0 Å². The standard InChI is InChI=1S/C14H16N2O2S/c1-14(18,8-7-11-5-3-2-4-6-11)12(17)16-13-15-9-10-19-13/h2-6,9-10,18H,7-8H2,1H3,(H,15,16,17)/t14-/m1/s1. The van der Waals surface area contributed by atoms with Gasteiger partial charge in [0.25, 0.3) is 5.91 Å². The van der Waals surface area contributed by atoms with Crippen LogP contribution in [-0.4, -0.2) is 21.6 Å². The molecule has 0 unspecified atom stereocenters. The van der Waals surface area contributed by atoms with Gasteiger partial charge in [-0.2, -0.15) is 0 Å². The first kappa shape index (κ1) is 13.7. The summed E-state index contributed by atoms with van der Waals surface area (Å²) in [7, 11) is 0. The number of nitrogens with one attached hydrogen (secondary N) is 1. The van der Waals surface area contributed by atoms with Crippen molar-refractivity contribution in [1.29, 1.82) is 0 Å². The molecule has 0 fully saturated rings. The maximum Gasteiger partial charge on any atom is 0.257 e. The zero-order valence-electron chi connectivity index (χ0n) is 10.7. The molecular formula is C14H16N2O2S. The molecular weight excluding hydrogens is 260 g/mol. The predicted octanol–water partition coefficient (Wildman–Crippen LogP) is 2.47. The minimum absolute atomic E-state index is 0.369. The van der Waals surface area contributed by atoms with Gasteiger partial charge in [0.05, 0.1) is 0 Å². The third-order valence-corrected chi connectivity index (χ3v) is 3.57. The topological polar surface area (TPSA) is 62.2 Å². The number of hydrogen-bond acceptors (Lipinski definition) is 4. The van der Waals surface area contributed by atoms with Gasteiger partial charge in [0.1, 0.15) is 5.60 Å². The van der Waals surface area contributed by atoms with E-state index in [2.05, 4.69) is 10.3 Å². The fourth-order valence-electron chi connectivity index (χ4n) is 1.66. The molecule has 0 saturated heterocycles. The number of hydrogen-bond donors (Lipinski definition) is 2. The van der Waals surface area contributed by atoms with Crippen LogP contribution in [0.2, 0.25) is 0 Å². The first-order valence-electron chi connectivity index (χ1n) is 6.05. The molecule has 100 valence electrons. The maximum absolute atomic E-state index is 12.0. The molecule has 1 aromatic heterocycles. The van der Waals surface area contributed by atoms with Gasteiger partial charge in [0.2, 0.25) is 0 Å². The lowest BCUT2D eigenvalue weighted by Gasteiger charge is -2.21. The Morgan fingerprint density at radius 2 is 2.16 bits per heavy atom. The molecule has 4 nitrogen and oxygen atoms in total. The highest BCUT2D eigenvalue weighted by molar-refractivity contribution is 7.13. The number of anilines is 1. The van der Waals surface area contributed by atoms with E-state index < -0.39 is 11.5 Å². The average molecular weight is 276 g/mol. The molecule has 1 amide bonds. The molecule has 2 N–H and O–H groups in total. The number of carbonyl (C=O) groups is 1. The second kappa shape index (κ2) is 5.95.